The van der Waals surface area contributed by atoms with Crippen LogP contribution in [0.15, 0.2) is 47.4 Å². The molecule has 0 unspecified atom stereocenters. The molecule has 0 spiro atoms. The minimum Gasteiger partial charge on any atom is -0.478 e. The number of aromatic carboxylic acids is 1. The minimum absolute atomic E-state index is 0.0410. The van der Waals surface area contributed by atoms with E-state index in [1.54, 1.807) is 6.92 Å². The average molecular weight is 323 g/mol. The molecule has 0 aliphatic heterocycles. The van der Waals surface area contributed by atoms with Gasteiger partial charge in [-0.25, -0.2) is 22.3 Å². The first-order valence-corrected chi connectivity index (χ1v) is 7.96. The Morgan fingerprint density at radius 3 is 2.36 bits per heavy atom. The molecule has 2 aromatic carbocycles. The zero-order chi connectivity index (χ0) is 16.3. The molecule has 0 radical (unpaired) electrons. The Hall–Kier alpha value is -2.25. The van der Waals surface area contributed by atoms with Crippen LogP contribution < -0.4 is 4.72 Å². The standard InChI is InChI=1S/C15H14FNO4S/c1-2-17-22(20,21)12-6-3-10(4-7-12)13-9-11(15(18)19)5-8-14(13)16/h3-9,17H,2H2,1H3,(H,18,19). The normalized spacial score (nSPS) is 11.4. The number of sulfonamides is 1. The SMILES string of the molecule is CCNS(=O)(=O)c1ccc(-c2cc(C(=O)O)ccc2F)cc1. The summed E-state index contributed by atoms with van der Waals surface area (Å²) < 4.78 is 39.9. The number of hydrogen-bond donors (Lipinski definition) is 2. The van der Waals surface area contributed by atoms with E-state index in [0.29, 0.717) is 5.56 Å². The highest BCUT2D eigenvalue weighted by molar-refractivity contribution is 7.89. The van der Waals surface area contributed by atoms with Crippen LogP contribution >= 0.6 is 0 Å². The van der Waals surface area contributed by atoms with Crippen LogP contribution in [-0.2, 0) is 10.0 Å². The van der Waals surface area contributed by atoms with Crippen LogP contribution in [0.4, 0.5) is 4.39 Å². The predicted octanol–water partition coefficient (Wildman–Crippen LogP) is 2.49. The second kappa shape index (κ2) is 6.25. The molecule has 0 fully saturated rings. The van der Waals surface area contributed by atoms with Crippen LogP contribution in [0, 0.1) is 5.82 Å². The molecule has 7 heteroatoms. The van der Waals surface area contributed by atoms with Crippen molar-refractivity contribution in [3.05, 3.63) is 53.8 Å². The molecule has 0 atom stereocenters. The highest BCUT2D eigenvalue weighted by Crippen LogP contribution is 2.25. The van der Waals surface area contributed by atoms with Crippen LogP contribution in [0.5, 0.6) is 0 Å². The summed E-state index contributed by atoms with van der Waals surface area (Å²) in [5, 5.41) is 8.95. The third kappa shape index (κ3) is 3.32. The van der Waals surface area contributed by atoms with Gasteiger partial charge in [0, 0.05) is 12.1 Å². The van der Waals surface area contributed by atoms with Crippen molar-refractivity contribution in [3.63, 3.8) is 0 Å². The third-order valence-electron chi connectivity index (χ3n) is 3.02. The second-order valence-corrected chi connectivity index (χ2v) is 6.29. The lowest BCUT2D eigenvalue weighted by Crippen LogP contribution is -2.22. The fraction of sp³-hybridized carbons (Fsp3) is 0.133. The van der Waals surface area contributed by atoms with Gasteiger partial charge < -0.3 is 5.11 Å². The second-order valence-electron chi connectivity index (χ2n) is 4.53. The number of carboxylic acid groups (broad SMARTS) is 1. The van der Waals surface area contributed by atoms with Crippen molar-refractivity contribution in [2.75, 3.05) is 6.54 Å². The lowest BCUT2D eigenvalue weighted by molar-refractivity contribution is 0.0697. The number of nitrogens with one attached hydrogen (secondary N) is 1. The molecule has 0 aliphatic rings. The number of carbonyl (C=O) groups is 1. The van der Waals surface area contributed by atoms with E-state index in [1.807, 2.05) is 0 Å². The van der Waals surface area contributed by atoms with Crippen molar-refractivity contribution in [3.8, 4) is 11.1 Å². The molecule has 0 saturated carbocycles. The molecular weight excluding hydrogens is 309 g/mol. The fourth-order valence-electron chi connectivity index (χ4n) is 1.97. The molecule has 2 N–H and O–H groups in total. The molecule has 2 aromatic rings. The van der Waals surface area contributed by atoms with Gasteiger partial charge in [-0.05, 0) is 35.9 Å². The van der Waals surface area contributed by atoms with E-state index in [4.69, 9.17) is 5.11 Å². The van der Waals surface area contributed by atoms with Crippen LogP contribution in [0.3, 0.4) is 0 Å². The summed E-state index contributed by atoms with van der Waals surface area (Å²) in [5.41, 5.74) is 0.462. The van der Waals surface area contributed by atoms with Crippen molar-refractivity contribution in [2.24, 2.45) is 0 Å². The quantitative estimate of drug-likeness (QED) is 0.885. The maximum Gasteiger partial charge on any atom is 0.335 e. The maximum atomic E-state index is 13.9. The van der Waals surface area contributed by atoms with Crippen molar-refractivity contribution in [2.45, 2.75) is 11.8 Å². The van der Waals surface area contributed by atoms with E-state index in [1.165, 1.54) is 36.4 Å². The van der Waals surface area contributed by atoms with E-state index < -0.39 is 21.8 Å². The summed E-state index contributed by atoms with van der Waals surface area (Å²) >= 11 is 0. The van der Waals surface area contributed by atoms with Gasteiger partial charge in [-0.1, -0.05) is 19.1 Å². The summed E-state index contributed by atoms with van der Waals surface area (Å²) in [6.45, 7) is 1.93. The summed E-state index contributed by atoms with van der Waals surface area (Å²) in [6.07, 6.45) is 0. The Kier molecular flexibility index (Phi) is 4.58. The summed E-state index contributed by atoms with van der Waals surface area (Å²) in [6, 6.07) is 9.03. The average Bonchev–Trinajstić information content (AvgIpc) is 2.47. The van der Waals surface area contributed by atoms with Crippen LogP contribution in [-0.4, -0.2) is 26.0 Å². The van der Waals surface area contributed by atoms with E-state index in [9.17, 15) is 17.6 Å². The van der Waals surface area contributed by atoms with Crippen LogP contribution in [0.2, 0.25) is 0 Å². The molecule has 0 aliphatic carbocycles. The maximum absolute atomic E-state index is 13.9. The molecule has 0 saturated heterocycles. The van der Waals surface area contributed by atoms with Crippen LogP contribution in [0.25, 0.3) is 11.1 Å². The molecule has 22 heavy (non-hydrogen) atoms. The molecule has 0 aromatic heterocycles. The van der Waals surface area contributed by atoms with Gasteiger partial charge in [0.15, 0.2) is 0 Å². The van der Waals surface area contributed by atoms with E-state index >= 15 is 0 Å². The summed E-state index contributed by atoms with van der Waals surface area (Å²) in [4.78, 5) is 11.0. The Labute approximate surface area is 127 Å². The molecule has 116 valence electrons. The van der Waals surface area contributed by atoms with Crippen molar-refractivity contribution < 1.29 is 22.7 Å². The Morgan fingerprint density at radius 1 is 1.18 bits per heavy atom. The van der Waals surface area contributed by atoms with Crippen molar-refractivity contribution >= 4 is 16.0 Å². The third-order valence-corrected chi connectivity index (χ3v) is 4.58. The predicted molar refractivity (Wildman–Crippen MR) is 79.7 cm³/mol. The molecule has 5 nitrogen and oxygen atoms in total. The molecular formula is C15H14FNO4S. The Balaban J connectivity index is 2.43. The first-order chi connectivity index (χ1) is 10.3. The highest BCUT2D eigenvalue weighted by atomic mass is 32.2. The zero-order valence-electron chi connectivity index (χ0n) is 11.7. The topological polar surface area (TPSA) is 83.5 Å². The van der Waals surface area contributed by atoms with Crippen LogP contribution in [0.1, 0.15) is 17.3 Å². The number of halogens is 1. The minimum atomic E-state index is -3.58. The molecule has 0 amide bonds. The summed E-state index contributed by atoms with van der Waals surface area (Å²) in [7, 11) is -3.58. The Bertz CT molecular complexity index is 801. The van der Waals surface area contributed by atoms with Gasteiger partial charge in [-0.3, -0.25) is 0 Å². The first kappa shape index (κ1) is 16.1. The lowest BCUT2D eigenvalue weighted by atomic mass is 10.0. The first-order valence-electron chi connectivity index (χ1n) is 6.48. The number of hydrogen-bond acceptors (Lipinski definition) is 3. The largest absolute Gasteiger partial charge is 0.478 e. The van der Waals surface area contributed by atoms with E-state index in [0.717, 1.165) is 6.07 Å². The molecule has 2 rings (SSSR count). The fourth-order valence-corrected chi connectivity index (χ4v) is 3.01. The number of benzene rings is 2. The van der Waals surface area contributed by atoms with Crippen molar-refractivity contribution in [1.82, 2.24) is 4.72 Å². The van der Waals surface area contributed by atoms with E-state index in [2.05, 4.69) is 4.72 Å². The summed E-state index contributed by atoms with van der Waals surface area (Å²) in [5.74, 6) is -1.74. The van der Waals surface area contributed by atoms with Gasteiger partial charge >= 0.3 is 5.97 Å². The van der Waals surface area contributed by atoms with Gasteiger partial charge in [-0.15, -0.1) is 0 Å². The smallest absolute Gasteiger partial charge is 0.335 e. The van der Waals surface area contributed by atoms with Gasteiger partial charge in [0.1, 0.15) is 5.82 Å². The molecule has 0 bridgehead atoms. The lowest BCUT2D eigenvalue weighted by Gasteiger charge is -2.08. The number of carboxylic acids is 1. The zero-order valence-corrected chi connectivity index (χ0v) is 12.5. The molecule has 0 heterocycles. The number of rotatable bonds is 5. The van der Waals surface area contributed by atoms with Gasteiger partial charge in [0.2, 0.25) is 10.0 Å². The van der Waals surface area contributed by atoms with Gasteiger partial charge in [-0.2, -0.15) is 0 Å². The Morgan fingerprint density at radius 2 is 1.82 bits per heavy atom. The monoisotopic (exact) mass is 323 g/mol. The van der Waals surface area contributed by atoms with Gasteiger partial charge in [0.25, 0.3) is 0 Å². The highest BCUT2D eigenvalue weighted by Gasteiger charge is 2.14. The van der Waals surface area contributed by atoms with Crippen molar-refractivity contribution in [1.29, 1.82) is 0 Å². The van der Waals surface area contributed by atoms with Gasteiger partial charge in [0.05, 0.1) is 10.5 Å². The van der Waals surface area contributed by atoms with E-state index in [-0.39, 0.29) is 22.6 Å².